The van der Waals surface area contributed by atoms with Crippen molar-refractivity contribution in [3.05, 3.63) is 28.8 Å². The molecule has 1 N–H and O–H groups in total. The summed E-state index contributed by atoms with van der Waals surface area (Å²) in [5.41, 5.74) is 2.44. The van der Waals surface area contributed by atoms with E-state index in [1.54, 1.807) is 0 Å². The number of hydrogen-bond donors (Lipinski definition) is 1. The Morgan fingerprint density at radius 2 is 1.82 bits per heavy atom. The normalized spacial score (nSPS) is 16.2. The topological polar surface area (TPSA) is 65.0 Å². The number of phenols is 1. The molecule has 1 fully saturated rings. The molecule has 1 aromatic rings. The lowest BCUT2D eigenvalue weighted by Gasteiger charge is -2.36. The van der Waals surface area contributed by atoms with E-state index in [4.69, 9.17) is 14.2 Å². The number of phenolic OH excluding ortho intramolecular Hbond substituents is 1. The van der Waals surface area contributed by atoms with Crippen molar-refractivity contribution in [1.82, 2.24) is 0 Å². The van der Waals surface area contributed by atoms with Gasteiger partial charge >= 0.3 is 5.97 Å². The highest BCUT2D eigenvalue weighted by Gasteiger charge is 2.33. The maximum atomic E-state index is 12.2. The zero-order valence-electron chi connectivity index (χ0n) is 18.3. The molecule has 5 nitrogen and oxygen atoms in total. The van der Waals surface area contributed by atoms with Crippen LogP contribution in [-0.4, -0.2) is 37.2 Å². The summed E-state index contributed by atoms with van der Waals surface area (Å²) >= 11 is 0. The number of carbonyl (C=O) groups is 1. The molecule has 0 amide bonds. The van der Waals surface area contributed by atoms with Crippen molar-refractivity contribution in [1.29, 1.82) is 0 Å². The maximum absolute atomic E-state index is 12.2. The lowest BCUT2D eigenvalue weighted by Crippen LogP contribution is -2.39. The highest BCUT2D eigenvalue weighted by Crippen LogP contribution is 2.34. The number of esters is 1. The second-order valence-corrected chi connectivity index (χ2v) is 9.44. The Kier molecular flexibility index (Phi) is 7.52. The molecular weight excluding hydrogens is 356 g/mol. The second kappa shape index (κ2) is 9.27. The quantitative estimate of drug-likeness (QED) is 0.684. The molecule has 0 spiro atoms. The van der Waals surface area contributed by atoms with E-state index in [0.717, 1.165) is 36.3 Å². The standard InChI is InChI=1S/C23H36O5/c1-16-14-17(15-18(20(16)25)22(2,3)4)8-9-19(24)26-13-10-23(5,6)21-27-11-7-12-28-21/h14-15,21,25H,7-13H2,1-6H3. The average molecular weight is 393 g/mol. The van der Waals surface area contributed by atoms with Crippen LogP contribution in [0.2, 0.25) is 0 Å². The average Bonchev–Trinajstić information content (AvgIpc) is 2.62. The summed E-state index contributed by atoms with van der Waals surface area (Å²) in [7, 11) is 0. The first-order valence-corrected chi connectivity index (χ1v) is 10.2. The SMILES string of the molecule is Cc1cc(CCC(=O)OCCC(C)(C)C2OCCCO2)cc(C(C)(C)C)c1O. The number of aryl methyl sites for hydroxylation is 2. The van der Waals surface area contributed by atoms with Crippen LogP contribution in [0.1, 0.15) is 70.6 Å². The van der Waals surface area contributed by atoms with E-state index in [2.05, 4.69) is 34.6 Å². The Bertz CT molecular complexity index is 666. The maximum Gasteiger partial charge on any atom is 0.306 e. The van der Waals surface area contributed by atoms with Crippen LogP contribution in [-0.2, 0) is 30.8 Å². The first-order valence-electron chi connectivity index (χ1n) is 10.2. The van der Waals surface area contributed by atoms with Gasteiger partial charge in [-0.05, 0) is 48.3 Å². The minimum atomic E-state index is -0.240. The van der Waals surface area contributed by atoms with Crippen molar-refractivity contribution in [2.45, 2.75) is 78.9 Å². The van der Waals surface area contributed by atoms with Crippen LogP contribution in [0.15, 0.2) is 12.1 Å². The number of aromatic hydroxyl groups is 1. The first-order chi connectivity index (χ1) is 13.0. The summed E-state index contributed by atoms with van der Waals surface area (Å²) in [6.45, 7) is 14.0. The van der Waals surface area contributed by atoms with Crippen molar-refractivity contribution in [3.8, 4) is 5.75 Å². The Labute approximate surface area is 169 Å². The molecule has 0 bridgehead atoms. The van der Waals surface area contributed by atoms with Gasteiger partial charge in [-0.25, -0.2) is 0 Å². The van der Waals surface area contributed by atoms with Gasteiger partial charge in [-0.2, -0.15) is 0 Å². The van der Waals surface area contributed by atoms with Gasteiger partial charge in [0.1, 0.15) is 5.75 Å². The molecule has 1 aliphatic rings. The molecule has 0 aromatic heterocycles. The highest BCUT2D eigenvalue weighted by atomic mass is 16.7. The Balaban J connectivity index is 1.83. The van der Waals surface area contributed by atoms with Crippen LogP contribution < -0.4 is 0 Å². The van der Waals surface area contributed by atoms with Crippen LogP contribution in [0, 0.1) is 12.3 Å². The van der Waals surface area contributed by atoms with Gasteiger partial charge in [0.15, 0.2) is 6.29 Å². The minimum absolute atomic E-state index is 0.153. The van der Waals surface area contributed by atoms with E-state index >= 15 is 0 Å². The molecule has 5 heteroatoms. The van der Waals surface area contributed by atoms with Gasteiger partial charge in [0.2, 0.25) is 0 Å². The van der Waals surface area contributed by atoms with E-state index in [1.165, 1.54) is 0 Å². The first kappa shape index (κ1) is 22.7. The predicted molar refractivity (Wildman–Crippen MR) is 110 cm³/mol. The molecule has 0 saturated carbocycles. The fraction of sp³-hybridized carbons (Fsp3) is 0.696. The monoisotopic (exact) mass is 392 g/mol. The molecular formula is C23H36O5. The molecule has 28 heavy (non-hydrogen) atoms. The summed E-state index contributed by atoms with van der Waals surface area (Å²) in [6, 6.07) is 3.94. The van der Waals surface area contributed by atoms with Crippen molar-refractivity contribution in [2.75, 3.05) is 19.8 Å². The van der Waals surface area contributed by atoms with E-state index in [1.807, 2.05) is 19.1 Å². The van der Waals surface area contributed by atoms with Gasteiger partial charge in [-0.3, -0.25) is 4.79 Å². The summed E-state index contributed by atoms with van der Waals surface area (Å²) in [5, 5.41) is 10.3. The lowest BCUT2D eigenvalue weighted by molar-refractivity contribution is -0.231. The summed E-state index contributed by atoms with van der Waals surface area (Å²) in [5.74, 6) is 0.137. The van der Waals surface area contributed by atoms with Crippen molar-refractivity contribution < 1.29 is 24.1 Å². The Hall–Kier alpha value is -1.59. The molecule has 1 aliphatic heterocycles. The third-order valence-electron chi connectivity index (χ3n) is 5.26. The lowest BCUT2D eigenvalue weighted by atomic mass is 9.83. The van der Waals surface area contributed by atoms with Gasteiger partial charge in [-0.1, -0.05) is 46.8 Å². The van der Waals surface area contributed by atoms with Gasteiger partial charge in [0, 0.05) is 11.8 Å². The van der Waals surface area contributed by atoms with Crippen LogP contribution in [0.25, 0.3) is 0 Å². The van der Waals surface area contributed by atoms with Gasteiger partial charge in [0.25, 0.3) is 0 Å². The molecule has 1 aromatic carbocycles. The fourth-order valence-electron chi connectivity index (χ4n) is 3.37. The van der Waals surface area contributed by atoms with Gasteiger partial charge in [0.05, 0.1) is 19.8 Å². The van der Waals surface area contributed by atoms with Crippen molar-refractivity contribution in [3.63, 3.8) is 0 Å². The van der Waals surface area contributed by atoms with Crippen molar-refractivity contribution in [2.24, 2.45) is 5.41 Å². The third kappa shape index (κ3) is 6.21. The molecule has 2 rings (SSSR count). The van der Waals surface area contributed by atoms with E-state index in [0.29, 0.717) is 31.6 Å². The van der Waals surface area contributed by atoms with Crippen LogP contribution in [0.4, 0.5) is 0 Å². The second-order valence-electron chi connectivity index (χ2n) is 9.44. The molecule has 1 saturated heterocycles. The van der Waals surface area contributed by atoms with Crippen LogP contribution in [0.3, 0.4) is 0 Å². The fourth-order valence-corrected chi connectivity index (χ4v) is 3.37. The van der Waals surface area contributed by atoms with Crippen LogP contribution in [0.5, 0.6) is 5.75 Å². The Morgan fingerprint density at radius 1 is 1.18 bits per heavy atom. The molecule has 0 radical (unpaired) electrons. The molecule has 0 aliphatic carbocycles. The van der Waals surface area contributed by atoms with Crippen molar-refractivity contribution >= 4 is 5.97 Å². The smallest absolute Gasteiger partial charge is 0.306 e. The molecule has 1 heterocycles. The van der Waals surface area contributed by atoms with E-state index in [-0.39, 0.29) is 23.1 Å². The number of rotatable bonds is 7. The Morgan fingerprint density at radius 3 is 2.43 bits per heavy atom. The number of hydrogen-bond acceptors (Lipinski definition) is 5. The zero-order valence-corrected chi connectivity index (χ0v) is 18.3. The highest BCUT2D eigenvalue weighted by molar-refractivity contribution is 5.69. The molecule has 0 unspecified atom stereocenters. The predicted octanol–water partition coefficient (Wildman–Crippen LogP) is 4.65. The van der Waals surface area contributed by atoms with Gasteiger partial charge < -0.3 is 19.3 Å². The number of benzene rings is 1. The zero-order chi connectivity index (χ0) is 20.9. The summed E-state index contributed by atoms with van der Waals surface area (Å²) < 4.78 is 16.8. The number of ether oxygens (including phenoxy) is 3. The van der Waals surface area contributed by atoms with E-state index in [9.17, 15) is 9.90 Å². The number of carbonyl (C=O) groups excluding carboxylic acids is 1. The summed E-state index contributed by atoms with van der Waals surface area (Å²) in [6.07, 6.45) is 2.30. The van der Waals surface area contributed by atoms with E-state index < -0.39 is 0 Å². The largest absolute Gasteiger partial charge is 0.507 e. The summed E-state index contributed by atoms with van der Waals surface area (Å²) in [4.78, 5) is 12.2. The minimum Gasteiger partial charge on any atom is -0.507 e. The molecule has 158 valence electrons. The molecule has 0 atom stereocenters. The van der Waals surface area contributed by atoms with Crippen LogP contribution >= 0.6 is 0 Å². The van der Waals surface area contributed by atoms with Gasteiger partial charge in [-0.15, -0.1) is 0 Å². The third-order valence-corrected chi connectivity index (χ3v) is 5.26.